The topological polar surface area (TPSA) is 43.7 Å². The Bertz CT molecular complexity index is 746. The average Bonchev–Trinajstić information content (AvgIpc) is 3.18. The van der Waals surface area contributed by atoms with Crippen LogP contribution in [0.2, 0.25) is 0 Å². The number of hydrogen-bond donors (Lipinski definition) is 0. The molecule has 0 N–H and O–H groups in total. The van der Waals surface area contributed by atoms with Gasteiger partial charge in [-0.3, -0.25) is 4.79 Å². The van der Waals surface area contributed by atoms with Crippen LogP contribution in [-0.2, 0) is 27.7 Å². The van der Waals surface area contributed by atoms with Crippen molar-refractivity contribution in [2.75, 3.05) is 26.3 Å². The van der Waals surface area contributed by atoms with Crippen molar-refractivity contribution < 1.29 is 14.3 Å². The monoisotopic (exact) mass is 328 g/mol. The van der Waals surface area contributed by atoms with Crippen LogP contribution in [0.4, 0.5) is 0 Å². The number of amides is 1. The Labute approximate surface area is 142 Å². The molecule has 2 fully saturated rings. The lowest BCUT2D eigenvalue weighted by molar-refractivity contribution is -0.193. The van der Waals surface area contributed by atoms with Crippen molar-refractivity contribution in [3.8, 4) is 0 Å². The largest absolute Gasteiger partial charge is 0.350 e. The second-order valence-corrected chi connectivity index (χ2v) is 6.81. The zero-order valence-electron chi connectivity index (χ0n) is 14.2. The molecule has 1 amide bonds. The summed E-state index contributed by atoms with van der Waals surface area (Å²) in [4.78, 5) is 14.6. The van der Waals surface area contributed by atoms with E-state index in [2.05, 4.69) is 36.0 Å². The molecule has 2 saturated heterocycles. The molecule has 0 aliphatic carbocycles. The van der Waals surface area contributed by atoms with Crippen molar-refractivity contribution in [1.29, 1.82) is 0 Å². The van der Waals surface area contributed by atoms with Crippen LogP contribution in [0.1, 0.15) is 24.8 Å². The molecule has 0 saturated carbocycles. The maximum Gasteiger partial charge on any atom is 0.223 e. The Morgan fingerprint density at radius 2 is 2.04 bits per heavy atom. The van der Waals surface area contributed by atoms with Crippen molar-refractivity contribution in [2.24, 2.45) is 7.05 Å². The lowest BCUT2D eigenvalue weighted by Crippen LogP contribution is -2.51. The van der Waals surface area contributed by atoms with E-state index in [0.29, 0.717) is 26.2 Å². The first-order valence-electron chi connectivity index (χ1n) is 8.76. The van der Waals surface area contributed by atoms with E-state index >= 15 is 0 Å². The van der Waals surface area contributed by atoms with Crippen LogP contribution >= 0.6 is 0 Å². The SMILES string of the molecule is Cn1cc(CCC(=O)N2CCCC3(C2)OCCO3)c2ccccc21. The number of carbonyl (C=O) groups excluding carboxylic acids is 1. The lowest BCUT2D eigenvalue weighted by atomic mass is 10.0. The minimum atomic E-state index is -0.534. The molecular weight excluding hydrogens is 304 g/mol. The van der Waals surface area contributed by atoms with Gasteiger partial charge < -0.3 is 18.9 Å². The maximum absolute atomic E-state index is 12.7. The summed E-state index contributed by atoms with van der Waals surface area (Å²) in [6.07, 6.45) is 5.27. The van der Waals surface area contributed by atoms with Gasteiger partial charge in [-0.25, -0.2) is 0 Å². The standard InChI is InChI=1S/C19H24N2O3/c1-20-13-15(16-5-2-3-6-17(16)20)7-8-18(22)21-10-4-9-19(14-21)23-11-12-24-19/h2-3,5-6,13H,4,7-12,14H2,1H3. The molecule has 2 aliphatic heterocycles. The number of ether oxygens (including phenoxy) is 2. The first-order valence-corrected chi connectivity index (χ1v) is 8.76. The van der Waals surface area contributed by atoms with Crippen molar-refractivity contribution in [2.45, 2.75) is 31.5 Å². The third kappa shape index (κ3) is 2.82. The Morgan fingerprint density at radius 3 is 2.88 bits per heavy atom. The normalized spacial score (nSPS) is 20.1. The molecule has 0 radical (unpaired) electrons. The van der Waals surface area contributed by atoms with E-state index in [0.717, 1.165) is 25.8 Å². The van der Waals surface area contributed by atoms with E-state index < -0.39 is 5.79 Å². The molecule has 5 nitrogen and oxygen atoms in total. The molecule has 2 aromatic rings. The van der Waals surface area contributed by atoms with Gasteiger partial charge in [0, 0.05) is 43.5 Å². The number of nitrogens with zero attached hydrogens (tertiary/aromatic N) is 2. The highest BCUT2D eigenvalue weighted by Gasteiger charge is 2.41. The molecule has 5 heteroatoms. The average molecular weight is 328 g/mol. The molecule has 3 heterocycles. The van der Waals surface area contributed by atoms with E-state index in [1.807, 2.05) is 11.0 Å². The fourth-order valence-corrected chi connectivity index (χ4v) is 3.96. The molecule has 1 spiro atoms. The summed E-state index contributed by atoms with van der Waals surface area (Å²) >= 11 is 0. The van der Waals surface area contributed by atoms with Crippen LogP contribution in [0, 0.1) is 0 Å². The summed E-state index contributed by atoms with van der Waals surface area (Å²) in [5.74, 6) is -0.339. The smallest absolute Gasteiger partial charge is 0.223 e. The van der Waals surface area contributed by atoms with Gasteiger partial charge in [0.1, 0.15) is 0 Å². The van der Waals surface area contributed by atoms with Gasteiger partial charge in [0.25, 0.3) is 0 Å². The van der Waals surface area contributed by atoms with Gasteiger partial charge in [0.15, 0.2) is 5.79 Å². The highest BCUT2D eigenvalue weighted by atomic mass is 16.7. The van der Waals surface area contributed by atoms with Gasteiger partial charge in [-0.05, 0) is 24.5 Å². The van der Waals surface area contributed by atoms with Gasteiger partial charge in [-0.15, -0.1) is 0 Å². The third-order valence-corrected chi connectivity index (χ3v) is 5.17. The molecule has 2 aliphatic rings. The van der Waals surface area contributed by atoms with E-state index in [4.69, 9.17) is 9.47 Å². The second kappa shape index (κ2) is 6.22. The number of aromatic nitrogens is 1. The number of rotatable bonds is 3. The Kier molecular flexibility index (Phi) is 4.06. The summed E-state index contributed by atoms with van der Waals surface area (Å²) in [5, 5.41) is 1.24. The van der Waals surface area contributed by atoms with Gasteiger partial charge >= 0.3 is 0 Å². The van der Waals surface area contributed by atoms with Gasteiger partial charge in [-0.1, -0.05) is 18.2 Å². The van der Waals surface area contributed by atoms with Crippen LogP contribution in [0.3, 0.4) is 0 Å². The number of carbonyl (C=O) groups is 1. The number of para-hydroxylation sites is 1. The number of likely N-dealkylation sites (tertiary alicyclic amines) is 1. The highest BCUT2D eigenvalue weighted by molar-refractivity contribution is 5.85. The number of piperidine rings is 1. The fourth-order valence-electron chi connectivity index (χ4n) is 3.96. The predicted octanol–water partition coefficient (Wildman–Crippen LogP) is 2.48. The van der Waals surface area contributed by atoms with E-state index in [1.54, 1.807) is 0 Å². The zero-order valence-corrected chi connectivity index (χ0v) is 14.2. The van der Waals surface area contributed by atoms with E-state index in [1.165, 1.54) is 16.5 Å². The van der Waals surface area contributed by atoms with Gasteiger partial charge in [-0.2, -0.15) is 0 Å². The molecule has 4 rings (SSSR count). The highest BCUT2D eigenvalue weighted by Crippen LogP contribution is 2.30. The summed E-state index contributed by atoms with van der Waals surface area (Å²) in [5.41, 5.74) is 2.45. The molecule has 0 atom stereocenters. The summed E-state index contributed by atoms with van der Waals surface area (Å²) in [6.45, 7) is 2.65. The van der Waals surface area contributed by atoms with Crippen LogP contribution in [0.25, 0.3) is 10.9 Å². The Balaban J connectivity index is 1.42. The number of benzene rings is 1. The predicted molar refractivity (Wildman–Crippen MR) is 91.7 cm³/mol. The Hall–Kier alpha value is -1.85. The third-order valence-electron chi connectivity index (χ3n) is 5.17. The number of aryl methyl sites for hydroxylation is 2. The van der Waals surface area contributed by atoms with Crippen molar-refractivity contribution in [3.63, 3.8) is 0 Å². The van der Waals surface area contributed by atoms with Crippen LogP contribution in [0.15, 0.2) is 30.5 Å². The van der Waals surface area contributed by atoms with Gasteiger partial charge in [0.2, 0.25) is 5.91 Å². The lowest BCUT2D eigenvalue weighted by Gasteiger charge is -2.38. The summed E-state index contributed by atoms with van der Waals surface area (Å²) in [7, 11) is 2.05. The molecular formula is C19H24N2O3. The van der Waals surface area contributed by atoms with Crippen molar-refractivity contribution in [1.82, 2.24) is 9.47 Å². The molecule has 0 bridgehead atoms. The van der Waals surface area contributed by atoms with Crippen molar-refractivity contribution in [3.05, 3.63) is 36.0 Å². The molecule has 24 heavy (non-hydrogen) atoms. The number of fused-ring (bicyclic) bond motifs is 1. The minimum absolute atomic E-state index is 0.195. The maximum atomic E-state index is 12.7. The van der Waals surface area contributed by atoms with E-state index in [9.17, 15) is 4.79 Å². The first kappa shape index (κ1) is 15.7. The molecule has 128 valence electrons. The summed E-state index contributed by atoms with van der Waals surface area (Å²) in [6, 6.07) is 8.35. The minimum Gasteiger partial charge on any atom is -0.350 e. The van der Waals surface area contributed by atoms with Crippen molar-refractivity contribution >= 4 is 16.8 Å². The molecule has 1 aromatic carbocycles. The van der Waals surface area contributed by atoms with Crippen LogP contribution < -0.4 is 0 Å². The fraction of sp³-hybridized carbons (Fsp3) is 0.526. The first-order chi connectivity index (χ1) is 11.7. The zero-order chi connectivity index (χ0) is 16.6. The molecule has 0 unspecified atom stereocenters. The quantitative estimate of drug-likeness (QED) is 0.869. The van der Waals surface area contributed by atoms with Crippen LogP contribution in [0.5, 0.6) is 0 Å². The molecule has 1 aromatic heterocycles. The van der Waals surface area contributed by atoms with Gasteiger partial charge in [0.05, 0.1) is 19.8 Å². The van der Waals surface area contributed by atoms with E-state index in [-0.39, 0.29) is 5.91 Å². The second-order valence-electron chi connectivity index (χ2n) is 6.81. The number of hydrogen-bond acceptors (Lipinski definition) is 3. The summed E-state index contributed by atoms with van der Waals surface area (Å²) < 4.78 is 13.7. The van der Waals surface area contributed by atoms with Crippen LogP contribution in [-0.4, -0.2) is 47.5 Å². The Morgan fingerprint density at radius 1 is 1.25 bits per heavy atom.